The number of likely N-dealkylation sites (tertiary alicyclic amines) is 1. The van der Waals surface area contributed by atoms with Crippen LogP contribution in [-0.2, 0) is 11.3 Å². The fraction of sp³-hybridized carbons (Fsp3) is 0.636. The summed E-state index contributed by atoms with van der Waals surface area (Å²) in [4.78, 5) is 39.2. The van der Waals surface area contributed by atoms with E-state index in [0.717, 1.165) is 39.0 Å². The quantitative estimate of drug-likeness (QED) is 0.777. The first kappa shape index (κ1) is 20.8. The predicted octanol–water partition coefficient (Wildman–Crippen LogP) is 1.63. The summed E-state index contributed by atoms with van der Waals surface area (Å²) in [5.41, 5.74) is 1.19. The molecule has 1 amide bonds. The molecule has 0 saturated carbocycles. The van der Waals surface area contributed by atoms with E-state index in [1.54, 1.807) is 10.8 Å². The van der Waals surface area contributed by atoms with Gasteiger partial charge in [-0.2, -0.15) is 0 Å². The molecule has 0 radical (unpaired) electrons. The molecule has 162 valence electrons. The maximum atomic E-state index is 13.0. The van der Waals surface area contributed by atoms with Crippen LogP contribution in [-0.4, -0.2) is 64.6 Å². The maximum Gasteiger partial charge on any atom is 0.295 e. The Morgan fingerprint density at radius 1 is 1.20 bits per heavy atom. The van der Waals surface area contributed by atoms with Crippen LogP contribution in [0.15, 0.2) is 23.1 Å². The van der Waals surface area contributed by atoms with E-state index in [0.29, 0.717) is 36.6 Å². The average Bonchev–Trinajstić information content (AvgIpc) is 2.79. The Balaban J connectivity index is 1.43. The largest absolute Gasteiger partial charge is 0.355 e. The zero-order chi connectivity index (χ0) is 20.9. The normalized spacial score (nSPS) is 20.4. The van der Waals surface area contributed by atoms with E-state index in [1.165, 1.54) is 19.3 Å². The first-order valence-electron chi connectivity index (χ1n) is 11.3. The number of carbonyl (C=O) groups is 1. The summed E-state index contributed by atoms with van der Waals surface area (Å²) in [6, 6.07) is 3.71. The van der Waals surface area contributed by atoms with Gasteiger partial charge in [0.2, 0.25) is 5.91 Å². The minimum Gasteiger partial charge on any atom is -0.355 e. The van der Waals surface area contributed by atoms with Crippen LogP contribution in [0.25, 0.3) is 11.2 Å². The Hall–Kier alpha value is -2.48. The van der Waals surface area contributed by atoms with E-state index in [-0.39, 0.29) is 17.4 Å². The van der Waals surface area contributed by atoms with Crippen LogP contribution in [0.2, 0.25) is 0 Å². The zero-order valence-corrected chi connectivity index (χ0v) is 17.8. The molecule has 4 rings (SSSR count). The lowest BCUT2D eigenvalue weighted by atomic mass is 9.97. The molecule has 8 heteroatoms. The molecule has 8 nitrogen and oxygen atoms in total. The molecule has 1 atom stereocenters. The van der Waals surface area contributed by atoms with E-state index >= 15 is 0 Å². The van der Waals surface area contributed by atoms with Gasteiger partial charge in [0, 0.05) is 38.9 Å². The van der Waals surface area contributed by atoms with Crippen molar-refractivity contribution < 1.29 is 4.79 Å². The molecule has 2 aromatic rings. The lowest BCUT2D eigenvalue weighted by molar-refractivity contribution is -0.125. The SMILES string of the molecule is CCn1c(=O)c(N2CCCC(C(=O)NCCN3CCCCC3)C2)nc2cccnc21. The Morgan fingerprint density at radius 3 is 2.83 bits per heavy atom. The van der Waals surface area contributed by atoms with Crippen LogP contribution < -0.4 is 15.8 Å². The first-order valence-corrected chi connectivity index (χ1v) is 11.3. The van der Waals surface area contributed by atoms with E-state index in [4.69, 9.17) is 0 Å². The Labute approximate surface area is 177 Å². The number of hydrogen-bond acceptors (Lipinski definition) is 6. The summed E-state index contributed by atoms with van der Waals surface area (Å²) in [6.45, 7) is 7.64. The number of hydrogen-bond donors (Lipinski definition) is 1. The van der Waals surface area contributed by atoms with Gasteiger partial charge in [0.25, 0.3) is 5.56 Å². The van der Waals surface area contributed by atoms with Gasteiger partial charge < -0.3 is 15.1 Å². The Kier molecular flexibility index (Phi) is 6.62. The number of piperidine rings is 2. The molecule has 4 heterocycles. The van der Waals surface area contributed by atoms with Crippen LogP contribution in [0.1, 0.15) is 39.0 Å². The topological polar surface area (TPSA) is 83.4 Å². The van der Waals surface area contributed by atoms with E-state index < -0.39 is 0 Å². The van der Waals surface area contributed by atoms with Crippen molar-refractivity contribution >= 4 is 22.9 Å². The summed E-state index contributed by atoms with van der Waals surface area (Å²) in [5.74, 6) is 0.416. The minimum absolute atomic E-state index is 0.0926. The third-order valence-electron chi connectivity index (χ3n) is 6.27. The highest BCUT2D eigenvalue weighted by Gasteiger charge is 2.28. The van der Waals surface area contributed by atoms with Crippen molar-refractivity contribution in [3.63, 3.8) is 0 Å². The maximum absolute atomic E-state index is 13.0. The third kappa shape index (κ3) is 4.48. The molecule has 0 spiro atoms. The van der Waals surface area contributed by atoms with Gasteiger partial charge in [0.1, 0.15) is 5.52 Å². The van der Waals surface area contributed by atoms with Gasteiger partial charge in [-0.05, 0) is 57.8 Å². The standard InChI is InChI=1S/C22H32N6O2/c1-2-28-19-18(9-6-10-23-19)25-20(22(28)30)27-14-7-8-17(16-27)21(29)24-11-15-26-12-4-3-5-13-26/h6,9-10,17H,2-5,7-8,11-16H2,1H3,(H,24,29). The van der Waals surface area contributed by atoms with Crippen molar-refractivity contribution in [1.29, 1.82) is 0 Å². The number of rotatable bonds is 6. The highest BCUT2D eigenvalue weighted by Crippen LogP contribution is 2.21. The van der Waals surface area contributed by atoms with Crippen LogP contribution in [0.4, 0.5) is 5.82 Å². The second-order valence-corrected chi connectivity index (χ2v) is 8.31. The van der Waals surface area contributed by atoms with Gasteiger partial charge in [-0.15, -0.1) is 0 Å². The van der Waals surface area contributed by atoms with Crippen LogP contribution >= 0.6 is 0 Å². The van der Waals surface area contributed by atoms with Gasteiger partial charge in [-0.3, -0.25) is 14.2 Å². The molecule has 0 aliphatic carbocycles. The Morgan fingerprint density at radius 2 is 2.03 bits per heavy atom. The summed E-state index contributed by atoms with van der Waals surface area (Å²) >= 11 is 0. The number of fused-ring (bicyclic) bond motifs is 1. The molecule has 2 aliphatic heterocycles. The number of nitrogens with one attached hydrogen (secondary N) is 1. The molecular weight excluding hydrogens is 380 g/mol. The van der Waals surface area contributed by atoms with Crippen LogP contribution in [0, 0.1) is 5.92 Å². The fourth-order valence-corrected chi connectivity index (χ4v) is 4.61. The van der Waals surface area contributed by atoms with E-state index in [2.05, 4.69) is 20.2 Å². The molecule has 1 N–H and O–H groups in total. The number of carbonyl (C=O) groups excluding carboxylic acids is 1. The van der Waals surface area contributed by atoms with Crippen molar-refractivity contribution in [2.75, 3.05) is 44.2 Å². The lowest BCUT2D eigenvalue weighted by Crippen LogP contribution is -2.47. The van der Waals surface area contributed by atoms with E-state index in [1.807, 2.05) is 24.0 Å². The Bertz CT molecular complexity index is 937. The van der Waals surface area contributed by atoms with E-state index in [9.17, 15) is 9.59 Å². The molecule has 2 saturated heterocycles. The number of anilines is 1. The number of nitrogens with zero attached hydrogens (tertiary/aromatic N) is 5. The average molecular weight is 413 g/mol. The van der Waals surface area contributed by atoms with Gasteiger partial charge >= 0.3 is 0 Å². The highest BCUT2D eigenvalue weighted by molar-refractivity contribution is 5.79. The minimum atomic E-state index is -0.130. The summed E-state index contributed by atoms with van der Waals surface area (Å²) in [7, 11) is 0. The molecular formula is C22H32N6O2. The molecule has 1 unspecified atom stereocenters. The van der Waals surface area contributed by atoms with Gasteiger partial charge in [-0.1, -0.05) is 6.42 Å². The highest BCUT2D eigenvalue weighted by atomic mass is 16.2. The molecule has 2 aliphatic rings. The smallest absolute Gasteiger partial charge is 0.295 e. The van der Waals surface area contributed by atoms with Crippen molar-refractivity contribution in [1.82, 2.24) is 24.8 Å². The molecule has 30 heavy (non-hydrogen) atoms. The van der Waals surface area contributed by atoms with Crippen molar-refractivity contribution in [2.45, 2.75) is 45.6 Å². The first-order chi connectivity index (χ1) is 14.7. The van der Waals surface area contributed by atoms with Crippen molar-refractivity contribution in [3.05, 3.63) is 28.7 Å². The molecule has 2 fully saturated rings. The molecule has 2 aromatic heterocycles. The van der Waals surface area contributed by atoms with Gasteiger partial charge in [0.05, 0.1) is 5.92 Å². The van der Waals surface area contributed by atoms with Crippen LogP contribution in [0.5, 0.6) is 0 Å². The van der Waals surface area contributed by atoms with Gasteiger partial charge in [0.15, 0.2) is 11.5 Å². The zero-order valence-electron chi connectivity index (χ0n) is 17.8. The summed E-state index contributed by atoms with van der Waals surface area (Å²) in [5, 5.41) is 3.12. The molecule has 0 bridgehead atoms. The van der Waals surface area contributed by atoms with Crippen molar-refractivity contribution in [2.24, 2.45) is 5.92 Å². The monoisotopic (exact) mass is 412 g/mol. The van der Waals surface area contributed by atoms with Crippen LogP contribution in [0.3, 0.4) is 0 Å². The summed E-state index contributed by atoms with van der Waals surface area (Å²) < 4.78 is 1.67. The fourth-order valence-electron chi connectivity index (χ4n) is 4.61. The molecule has 0 aromatic carbocycles. The number of amides is 1. The number of aryl methyl sites for hydroxylation is 1. The third-order valence-corrected chi connectivity index (χ3v) is 6.27. The lowest BCUT2D eigenvalue weighted by Gasteiger charge is -2.33. The second kappa shape index (κ2) is 9.55. The number of aromatic nitrogens is 3. The predicted molar refractivity (Wildman–Crippen MR) is 118 cm³/mol. The summed E-state index contributed by atoms with van der Waals surface area (Å²) in [6.07, 6.45) is 7.25. The van der Waals surface area contributed by atoms with Gasteiger partial charge in [-0.25, -0.2) is 9.97 Å². The second-order valence-electron chi connectivity index (χ2n) is 8.31. The number of pyridine rings is 1. The van der Waals surface area contributed by atoms with Crippen molar-refractivity contribution in [3.8, 4) is 0 Å².